The molecule has 0 heterocycles. The summed E-state index contributed by atoms with van der Waals surface area (Å²) < 4.78 is 12.9. The van der Waals surface area contributed by atoms with Crippen LogP contribution in [0.1, 0.15) is 20.8 Å². The van der Waals surface area contributed by atoms with Gasteiger partial charge in [0.05, 0.1) is 10.8 Å². The molecule has 3 aromatic carbocycles. The minimum Gasteiger partial charge on any atom is -0.254 e. The van der Waals surface area contributed by atoms with Crippen molar-refractivity contribution < 1.29 is 4.21 Å². The summed E-state index contributed by atoms with van der Waals surface area (Å²) >= 11 is 0. The van der Waals surface area contributed by atoms with Gasteiger partial charge in [-0.2, -0.15) is 0 Å². The fourth-order valence-electron chi connectivity index (χ4n) is 2.71. The lowest BCUT2D eigenvalue weighted by atomic mass is 10.3. The van der Waals surface area contributed by atoms with Gasteiger partial charge in [-0.25, -0.2) is 0 Å². The van der Waals surface area contributed by atoms with Gasteiger partial charge in [0, 0.05) is 14.9 Å². The Hall–Kier alpha value is -1.76. The van der Waals surface area contributed by atoms with E-state index in [-0.39, 0.29) is 4.75 Å². The molecule has 0 aliphatic heterocycles. The van der Waals surface area contributed by atoms with Gasteiger partial charge in [0.2, 0.25) is 0 Å². The van der Waals surface area contributed by atoms with E-state index in [1.165, 1.54) is 15.9 Å². The smallest absolute Gasteiger partial charge is 0.0590 e. The van der Waals surface area contributed by atoms with Crippen molar-refractivity contribution in [3.63, 3.8) is 0 Å². The van der Waals surface area contributed by atoms with Crippen LogP contribution in [0.5, 0.6) is 0 Å². The molecule has 1 nitrogen and oxygen atoms in total. The van der Waals surface area contributed by atoms with Gasteiger partial charge in [-0.3, -0.25) is 4.21 Å². The summed E-state index contributed by atoms with van der Waals surface area (Å²) in [6, 6.07) is 29.3. The third kappa shape index (κ3) is 4.08. The van der Waals surface area contributed by atoms with Crippen LogP contribution in [0.2, 0.25) is 0 Å². The summed E-state index contributed by atoms with van der Waals surface area (Å²) in [4.78, 5) is 0.953. The maximum atomic E-state index is 13.2. The predicted molar refractivity (Wildman–Crippen MR) is 111 cm³/mol. The summed E-state index contributed by atoms with van der Waals surface area (Å²) in [5.74, 6) is 0. The molecule has 0 saturated heterocycles. The molecule has 0 aliphatic carbocycles. The van der Waals surface area contributed by atoms with E-state index in [0.29, 0.717) is 0 Å². The van der Waals surface area contributed by atoms with Crippen LogP contribution >= 0.6 is 7.92 Å². The van der Waals surface area contributed by atoms with Crippen molar-refractivity contribution in [2.45, 2.75) is 30.4 Å². The first-order valence-electron chi connectivity index (χ1n) is 8.39. The minimum atomic E-state index is -1.06. The second-order valence-corrected chi connectivity index (χ2v) is 11.2. The Bertz CT molecular complexity index is 814. The third-order valence-electron chi connectivity index (χ3n) is 3.89. The summed E-state index contributed by atoms with van der Waals surface area (Å²) in [7, 11) is -1.80. The molecule has 0 saturated carbocycles. The number of hydrogen-bond donors (Lipinski definition) is 0. The molecule has 25 heavy (non-hydrogen) atoms. The van der Waals surface area contributed by atoms with Gasteiger partial charge >= 0.3 is 0 Å². The fourth-order valence-corrected chi connectivity index (χ4v) is 6.68. The Morgan fingerprint density at radius 1 is 0.680 bits per heavy atom. The highest BCUT2D eigenvalue weighted by molar-refractivity contribution is 7.88. The van der Waals surface area contributed by atoms with Gasteiger partial charge in [-0.15, -0.1) is 0 Å². The highest BCUT2D eigenvalue weighted by Gasteiger charge is 2.27. The van der Waals surface area contributed by atoms with Crippen LogP contribution in [0.25, 0.3) is 0 Å². The Labute approximate surface area is 154 Å². The molecule has 0 aromatic heterocycles. The van der Waals surface area contributed by atoms with Crippen LogP contribution in [0.4, 0.5) is 0 Å². The molecule has 0 N–H and O–H groups in total. The zero-order valence-electron chi connectivity index (χ0n) is 14.8. The van der Waals surface area contributed by atoms with Crippen LogP contribution in [0, 0.1) is 0 Å². The first-order chi connectivity index (χ1) is 12.0. The van der Waals surface area contributed by atoms with Gasteiger partial charge in [0.15, 0.2) is 0 Å². The topological polar surface area (TPSA) is 17.1 Å². The van der Waals surface area contributed by atoms with E-state index < -0.39 is 18.7 Å². The third-order valence-corrected chi connectivity index (χ3v) is 8.41. The van der Waals surface area contributed by atoms with Gasteiger partial charge in [0.1, 0.15) is 0 Å². The first-order valence-corrected chi connectivity index (χ1v) is 10.9. The average Bonchev–Trinajstić information content (AvgIpc) is 2.63. The minimum absolute atomic E-state index is 0.287. The lowest BCUT2D eigenvalue weighted by Gasteiger charge is -2.25. The molecule has 0 amide bonds. The van der Waals surface area contributed by atoms with E-state index in [4.69, 9.17) is 0 Å². The highest BCUT2D eigenvalue weighted by atomic mass is 32.2. The van der Waals surface area contributed by atoms with E-state index in [2.05, 4.69) is 60.7 Å². The standard InChI is InChI=1S/C22H23OPS/c1-22(2,3)25(23)21-17-11-10-16-20(21)24(18-12-6-4-7-13-18)19-14-8-5-9-15-19/h4-17H,1-3H3. The van der Waals surface area contributed by atoms with Gasteiger partial charge in [-0.05, 0) is 45.4 Å². The fraction of sp³-hybridized carbons (Fsp3) is 0.182. The molecule has 0 spiro atoms. The SMILES string of the molecule is CC(C)(C)S(=O)c1ccccc1P(c1ccccc1)c1ccccc1. The van der Waals surface area contributed by atoms with Crippen LogP contribution in [-0.4, -0.2) is 8.96 Å². The van der Waals surface area contributed by atoms with Crippen molar-refractivity contribution in [1.29, 1.82) is 0 Å². The summed E-state index contributed by atoms with van der Waals surface area (Å²) in [5, 5.41) is 3.74. The van der Waals surface area contributed by atoms with E-state index in [1.54, 1.807) is 0 Å². The van der Waals surface area contributed by atoms with Gasteiger partial charge in [0.25, 0.3) is 0 Å². The number of benzene rings is 3. The molecule has 3 aromatic rings. The van der Waals surface area contributed by atoms with E-state index in [0.717, 1.165) is 4.90 Å². The molecule has 0 bridgehead atoms. The summed E-state index contributed by atoms with van der Waals surface area (Å²) in [5.41, 5.74) is 0. The molecule has 0 radical (unpaired) electrons. The first kappa shape index (κ1) is 18.0. The second kappa shape index (κ2) is 7.64. The highest BCUT2D eigenvalue weighted by Crippen LogP contribution is 2.36. The van der Waals surface area contributed by atoms with E-state index in [9.17, 15) is 4.21 Å². The van der Waals surface area contributed by atoms with Crippen LogP contribution in [0.15, 0.2) is 89.8 Å². The van der Waals surface area contributed by atoms with Crippen molar-refractivity contribution in [3.05, 3.63) is 84.9 Å². The van der Waals surface area contributed by atoms with Crippen LogP contribution in [-0.2, 0) is 10.8 Å². The second-order valence-electron chi connectivity index (χ2n) is 6.86. The molecule has 0 aliphatic rings. The van der Waals surface area contributed by atoms with Gasteiger partial charge in [-0.1, -0.05) is 78.9 Å². The normalized spacial score (nSPS) is 13.0. The summed E-state index contributed by atoms with van der Waals surface area (Å²) in [6.07, 6.45) is 0. The lowest BCUT2D eigenvalue weighted by molar-refractivity contribution is 0.649. The maximum Gasteiger partial charge on any atom is 0.0590 e. The van der Waals surface area contributed by atoms with Crippen molar-refractivity contribution in [3.8, 4) is 0 Å². The maximum absolute atomic E-state index is 13.2. The van der Waals surface area contributed by atoms with Crippen molar-refractivity contribution >= 4 is 34.6 Å². The summed E-state index contributed by atoms with van der Waals surface area (Å²) in [6.45, 7) is 6.10. The molecular formula is C22H23OPS. The van der Waals surface area contributed by atoms with Crippen LogP contribution < -0.4 is 15.9 Å². The molecular weight excluding hydrogens is 343 g/mol. The van der Waals surface area contributed by atoms with E-state index in [1.807, 2.05) is 45.0 Å². The Morgan fingerprint density at radius 3 is 1.60 bits per heavy atom. The number of rotatable bonds is 4. The predicted octanol–water partition coefficient (Wildman–Crippen LogP) is 4.35. The molecule has 1 unspecified atom stereocenters. The van der Waals surface area contributed by atoms with Crippen molar-refractivity contribution in [2.75, 3.05) is 0 Å². The number of hydrogen-bond acceptors (Lipinski definition) is 1. The van der Waals surface area contributed by atoms with Crippen molar-refractivity contribution in [1.82, 2.24) is 0 Å². The lowest BCUT2D eigenvalue weighted by Crippen LogP contribution is -2.29. The molecule has 3 rings (SSSR count). The average molecular weight is 366 g/mol. The Kier molecular flexibility index (Phi) is 5.51. The zero-order valence-corrected chi connectivity index (χ0v) is 16.6. The van der Waals surface area contributed by atoms with Gasteiger partial charge < -0.3 is 0 Å². The Morgan fingerprint density at radius 2 is 1.12 bits per heavy atom. The Balaban J connectivity index is 2.21. The van der Waals surface area contributed by atoms with E-state index >= 15 is 0 Å². The zero-order chi connectivity index (χ0) is 17.9. The molecule has 1 atom stereocenters. The van der Waals surface area contributed by atoms with Crippen LogP contribution in [0.3, 0.4) is 0 Å². The molecule has 128 valence electrons. The quantitative estimate of drug-likeness (QED) is 0.628. The van der Waals surface area contributed by atoms with Crippen molar-refractivity contribution in [2.24, 2.45) is 0 Å². The monoisotopic (exact) mass is 366 g/mol. The molecule has 0 fully saturated rings. The molecule has 3 heteroatoms. The largest absolute Gasteiger partial charge is 0.254 e.